The minimum Gasteiger partial charge on any atom is -0.360 e. The van der Waals surface area contributed by atoms with Crippen molar-refractivity contribution in [3.63, 3.8) is 0 Å². The summed E-state index contributed by atoms with van der Waals surface area (Å²) in [4.78, 5) is 33.2. The maximum absolute atomic E-state index is 13.0. The second kappa shape index (κ2) is 7.31. The number of fused-ring (bicyclic) bond motifs is 2. The highest BCUT2D eigenvalue weighted by Crippen LogP contribution is 2.14. The van der Waals surface area contributed by atoms with Gasteiger partial charge in [-0.3, -0.25) is 9.59 Å². The van der Waals surface area contributed by atoms with E-state index in [0.717, 1.165) is 24.0 Å². The Balaban J connectivity index is 1.95. The van der Waals surface area contributed by atoms with Crippen LogP contribution in [0.2, 0.25) is 0 Å². The number of hydrogen-bond donors (Lipinski definition) is 1. The first kappa shape index (κ1) is 18.0. The van der Waals surface area contributed by atoms with E-state index in [1.807, 2.05) is 52.5 Å². The van der Waals surface area contributed by atoms with Crippen LogP contribution in [0.15, 0.2) is 64.5 Å². The molecule has 0 spiro atoms. The number of carbonyl (C=O) groups excluding carboxylic acids is 1. The summed E-state index contributed by atoms with van der Waals surface area (Å²) in [5.41, 5.74) is 3.08. The lowest BCUT2D eigenvalue weighted by Gasteiger charge is -2.04. The van der Waals surface area contributed by atoms with Crippen LogP contribution in [0.3, 0.4) is 0 Å². The van der Waals surface area contributed by atoms with Gasteiger partial charge in [0.2, 0.25) is 11.0 Å². The zero-order chi connectivity index (χ0) is 19.7. The molecule has 6 heteroatoms. The number of nitrogens with one attached hydrogen (secondary N) is 1. The fourth-order valence-corrected chi connectivity index (χ4v) is 3.64. The molecule has 28 heavy (non-hydrogen) atoms. The molecule has 1 N–H and O–H groups in total. The topological polar surface area (TPSA) is 72.2 Å². The summed E-state index contributed by atoms with van der Waals surface area (Å²) in [5.74, 6) is -0.533. The molecule has 0 unspecified atom stereocenters. The maximum Gasteiger partial charge on any atom is 0.285 e. The van der Waals surface area contributed by atoms with Gasteiger partial charge in [-0.25, -0.2) is 0 Å². The second-order valence-electron chi connectivity index (χ2n) is 6.68. The largest absolute Gasteiger partial charge is 0.360 e. The summed E-state index contributed by atoms with van der Waals surface area (Å²) in [6.07, 6.45) is 2.37. The zero-order valence-corrected chi connectivity index (χ0v) is 16.0. The van der Waals surface area contributed by atoms with Crippen molar-refractivity contribution in [2.45, 2.75) is 33.4 Å². The molecule has 0 aliphatic rings. The van der Waals surface area contributed by atoms with Crippen molar-refractivity contribution >= 4 is 27.8 Å². The van der Waals surface area contributed by atoms with Crippen molar-refractivity contribution in [2.75, 3.05) is 0 Å². The number of rotatable bonds is 4. The standard InChI is InChI=1S/C22H22N4O2/c1-3-13-26-19-12-8-7-11-18(19)25(4-2)22(26)24-21(28)16-14-23-17-10-6-5-9-15(17)20(16)27/h5-12,14H,3-4,13H2,1-2H3,(H,23,27). The van der Waals surface area contributed by atoms with Gasteiger partial charge in [-0.1, -0.05) is 31.2 Å². The van der Waals surface area contributed by atoms with E-state index in [0.29, 0.717) is 23.1 Å². The molecular formula is C22H22N4O2. The van der Waals surface area contributed by atoms with Gasteiger partial charge in [0.25, 0.3) is 5.91 Å². The van der Waals surface area contributed by atoms with Crippen LogP contribution in [0.5, 0.6) is 0 Å². The number of benzene rings is 2. The smallest absolute Gasteiger partial charge is 0.285 e. The van der Waals surface area contributed by atoms with Crippen molar-refractivity contribution in [3.05, 3.63) is 76.1 Å². The van der Waals surface area contributed by atoms with Gasteiger partial charge in [0, 0.05) is 30.2 Å². The quantitative estimate of drug-likeness (QED) is 0.594. The Kier molecular flexibility index (Phi) is 4.69. The Hall–Kier alpha value is -3.41. The Labute approximate surface area is 161 Å². The summed E-state index contributed by atoms with van der Waals surface area (Å²) >= 11 is 0. The Morgan fingerprint density at radius 1 is 1.00 bits per heavy atom. The molecule has 6 nitrogen and oxygen atoms in total. The number of para-hydroxylation sites is 3. The van der Waals surface area contributed by atoms with Crippen molar-refractivity contribution in [1.82, 2.24) is 14.1 Å². The van der Waals surface area contributed by atoms with E-state index in [1.54, 1.807) is 12.1 Å². The van der Waals surface area contributed by atoms with Gasteiger partial charge < -0.3 is 14.1 Å². The molecule has 1 amide bonds. The first-order chi connectivity index (χ1) is 13.7. The fourth-order valence-electron chi connectivity index (χ4n) is 3.64. The number of amides is 1. The van der Waals surface area contributed by atoms with Gasteiger partial charge in [-0.05, 0) is 37.6 Å². The number of H-pyrrole nitrogens is 1. The van der Waals surface area contributed by atoms with Gasteiger partial charge in [0.05, 0.1) is 11.0 Å². The van der Waals surface area contributed by atoms with E-state index in [1.165, 1.54) is 6.20 Å². The molecular weight excluding hydrogens is 352 g/mol. The van der Waals surface area contributed by atoms with Gasteiger partial charge in [0.15, 0.2) is 0 Å². The molecule has 0 aliphatic carbocycles. The van der Waals surface area contributed by atoms with Crippen LogP contribution >= 0.6 is 0 Å². The number of nitrogens with zero attached hydrogens (tertiary/aromatic N) is 3. The fraction of sp³-hybridized carbons (Fsp3) is 0.227. The normalized spacial score (nSPS) is 12.1. The molecule has 4 rings (SSSR count). The average molecular weight is 374 g/mol. The SMILES string of the molecule is CCCn1c(=NC(=O)c2c[nH]c3ccccc3c2=O)n(CC)c2ccccc21. The molecule has 0 atom stereocenters. The highest BCUT2D eigenvalue weighted by molar-refractivity contribution is 5.97. The van der Waals surface area contributed by atoms with Crippen molar-refractivity contribution in [3.8, 4) is 0 Å². The van der Waals surface area contributed by atoms with E-state index in [-0.39, 0.29) is 11.0 Å². The molecule has 0 saturated heterocycles. The monoisotopic (exact) mass is 374 g/mol. The molecule has 0 radical (unpaired) electrons. The molecule has 0 saturated carbocycles. The number of aryl methyl sites for hydroxylation is 2. The summed E-state index contributed by atoms with van der Waals surface area (Å²) in [6.45, 7) is 5.53. The van der Waals surface area contributed by atoms with Crippen LogP contribution in [-0.4, -0.2) is 20.0 Å². The molecule has 0 aliphatic heterocycles. The third-order valence-electron chi connectivity index (χ3n) is 4.93. The van der Waals surface area contributed by atoms with Crippen LogP contribution in [-0.2, 0) is 13.1 Å². The van der Waals surface area contributed by atoms with Gasteiger partial charge in [0.1, 0.15) is 5.56 Å². The third kappa shape index (κ3) is 2.87. The van der Waals surface area contributed by atoms with Crippen LogP contribution in [0, 0.1) is 0 Å². The molecule has 142 valence electrons. The molecule has 2 heterocycles. The van der Waals surface area contributed by atoms with Gasteiger partial charge in [-0.2, -0.15) is 4.99 Å². The van der Waals surface area contributed by atoms with Crippen molar-refractivity contribution in [1.29, 1.82) is 0 Å². The minimum absolute atomic E-state index is 0.0506. The lowest BCUT2D eigenvalue weighted by molar-refractivity contribution is 0.0994. The number of aromatic nitrogens is 3. The zero-order valence-electron chi connectivity index (χ0n) is 16.0. The van der Waals surface area contributed by atoms with Gasteiger partial charge >= 0.3 is 0 Å². The van der Waals surface area contributed by atoms with Crippen LogP contribution in [0.25, 0.3) is 21.9 Å². The summed E-state index contributed by atoms with van der Waals surface area (Å²) in [7, 11) is 0. The summed E-state index contributed by atoms with van der Waals surface area (Å²) in [6, 6.07) is 15.2. The maximum atomic E-state index is 13.0. The second-order valence-corrected chi connectivity index (χ2v) is 6.68. The molecule has 0 bridgehead atoms. The molecule has 2 aromatic heterocycles. The predicted molar refractivity (Wildman–Crippen MR) is 110 cm³/mol. The summed E-state index contributed by atoms with van der Waals surface area (Å²) in [5, 5.41) is 0.487. The van der Waals surface area contributed by atoms with E-state index in [2.05, 4.69) is 16.9 Å². The Morgan fingerprint density at radius 2 is 1.68 bits per heavy atom. The first-order valence-corrected chi connectivity index (χ1v) is 9.53. The lowest BCUT2D eigenvalue weighted by Crippen LogP contribution is -2.28. The predicted octanol–water partition coefficient (Wildman–Crippen LogP) is 3.46. The van der Waals surface area contributed by atoms with Crippen molar-refractivity contribution in [2.24, 2.45) is 4.99 Å². The summed E-state index contributed by atoms with van der Waals surface area (Å²) < 4.78 is 4.06. The highest BCUT2D eigenvalue weighted by atomic mass is 16.2. The Morgan fingerprint density at radius 3 is 2.39 bits per heavy atom. The highest BCUT2D eigenvalue weighted by Gasteiger charge is 2.15. The lowest BCUT2D eigenvalue weighted by atomic mass is 10.1. The molecule has 4 aromatic rings. The minimum atomic E-state index is -0.533. The first-order valence-electron chi connectivity index (χ1n) is 9.53. The third-order valence-corrected chi connectivity index (χ3v) is 4.93. The average Bonchev–Trinajstić information content (AvgIpc) is 3.01. The molecule has 2 aromatic carbocycles. The van der Waals surface area contributed by atoms with Gasteiger partial charge in [-0.15, -0.1) is 0 Å². The van der Waals surface area contributed by atoms with E-state index in [9.17, 15) is 9.59 Å². The molecule has 0 fully saturated rings. The number of pyridine rings is 1. The Bertz CT molecular complexity index is 1310. The number of imidazole rings is 1. The van der Waals surface area contributed by atoms with Crippen LogP contribution in [0.1, 0.15) is 30.6 Å². The van der Waals surface area contributed by atoms with E-state index < -0.39 is 5.91 Å². The van der Waals surface area contributed by atoms with E-state index >= 15 is 0 Å². The van der Waals surface area contributed by atoms with E-state index in [4.69, 9.17) is 0 Å². The number of hydrogen-bond acceptors (Lipinski definition) is 2. The van der Waals surface area contributed by atoms with Crippen molar-refractivity contribution < 1.29 is 4.79 Å². The van der Waals surface area contributed by atoms with Crippen LogP contribution in [0.4, 0.5) is 0 Å². The number of carbonyl (C=O) groups is 1. The number of aromatic amines is 1. The van der Waals surface area contributed by atoms with Crippen LogP contribution < -0.4 is 11.0 Å².